The van der Waals surface area contributed by atoms with Crippen LogP contribution in [0.15, 0.2) is 53.4 Å². The zero-order chi connectivity index (χ0) is 21.0. The second-order valence-electron chi connectivity index (χ2n) is 7.54. The summed E-state index contributed by atoms with van der Waals surface area (Å²) in [5.41, 5.74) is 0.931. The number of carbonyl (C=O) groups excluding carboxylic acids is 1. The standard InChI is InChI=1S/C22H27NO5S/c1-16(2)23(22(24)18-5-4-6-18)15-17-7-9-20(10-8-17)28-29(25,26)21-13-11-19(27-3)12-14-21/h7-14,16,18H,4-6,15H2,1-3H3. The fourth-order valence-electron chi connectivity index (χ4n) is 3.17. The quantitative estimate of drug-likeness (QED) is 0.607. The van der Waals surface area contributed by atoms with E-state index in [-0.39, 0.29) is 28.5 Å². The second kappa shape index (κ2) is 8.86. The molecule has 0 heterocycles. The van der Waals surface area contributed by atoms with E-state index in [2.05, 4.69) is 0 Å². The lowest BCUT2D eigenvalue weighted by Gasteiger charge is -2.34. The van der Waals surface area contributed by atoms with E-state index in [1.807, 2.05) is 18.7 Å². The third kappa shape index (κ3) is 5.09. The van der Waals surface area contributed by atoms with Crippen LogP contribution in [0.2, 0.25) is 0 Å². The van der Waals surface area contributed by atoms with Crippen molar-refractivity contribution in [1.29, 1.82) is 0 Å². The Morgan fingerprint density at radius 1 is 1.03 bits per heavy atom. The molecule has 0 N–H and O–H groups in total. The van der Waals surface area contributed by atoms with Crippen molar-refractivity contribution in [3.63, 3.8) is 0 Å². The molecule has 1 amide bonds. The number of benzene rings is 2. The summed E-state index contributed by atoms with van der Waals surface area (Å²) in [5, 5.41) is 0. The lowest BCUT2D eigenvalue weighted by Crippen LogP contribution is -2.42. The van der Waals surface area contributed by atoms with Gasteiger partial charge in [-0.25, -0.2) is 0 Å². The van der Waals surface area contributed by atoms with Crippen LogP contribution in [0.3, 0.4) is 0 Å². The number of methoxy groups -OCH3 is 1. The average molecular weight is 418 g/mol. The van der Waals surface area contributed by atoms with Crippen LogP contribution in [-0.2, 0) is 21.5 Å². The number of amides is 1. The summed E-state index contributed by atoms with van der Waals surface area (Å²) in [4.78, 5) is 14.6. The highest BCUT2D eigenvalue weighted by atomic mass is 32.2. The number of nitrogens with zero attached hydrogens (tertiary/aromatic N) is 1. The van der Waals surface area contributed by atoms with Crippen LogP contribution in [0.25, 0.3) is 0 Å². The van der Waals surface area contributed by atoms with E-state index in [0.29, 0.717) is 12.3 Å². The molecule has 2 aromatic rings. The highest BCUT2D eigenvalue weighted by molar-refractivity contribution is 7.87. The smallest absolute Gasteiger partial charge is 0.339 e. The highest BCUT2D eigenvalue weighted by Gasteiger charge is 2.30. The van der Waals surface area contributed by atoms with Gasteiger partial charge in [-0.15, -0.1) is 0 Å². The molecule has 0 radical (unpaired) electrons. The second-order valence-corrected chi connectivity index (χ2v) is 9.09. The van der Waals surface area contributed by atoms with Gasteiger partial charge in [0.1, 0.15) is 16.4 Å². The third-order valence-corrected chi connectivity index (χ3v) is 6.45. The topological polar surface area (TPSA) is 72.9 Å². The predicted octanol–water partition coefficient (Wildman–Crippen LogP) is 4.00. The molecule has 0 saturated heterocycles. The van der Waals surface area contributed by atoms with Gasteiger partial charge in [-0.3, -0.25) is 4.79 Å². The maximum absolute atomic E-state index is 12.6. The van der Waals surface area contributed by atoms with Crippen LogP contribution in [0.5, 0.6) is 11.5 Å². The summed E-state index contributed by atoms with van der Waals surface area (Å²) in [6, 6.07) is 12.9. The first kappa shape index (κ1) is 21.2. The third-order valence-electron chi connectivity index (χ3n) is 5.19. The van der Waals surface area contributed by atoms with Crippen molar-refractivity contribution in [1.82, 2.24) is 4.90 Å². The monoisotopic (exact) mass is 417 g/mol. The maximum atomic E-state index is 12.6. The molecule has 0 aliphatic heterocycles. The van der Waals surface area contributed by atoms with Gasteiger partial charge in [0.05, 0.1) is 7.11 Å². The SMILES string of the molecule is COc1ccc(S(=O)(=O)Oc2ccc(CN(C(=O)C3CCC3)C(C)C)cc2)cc1. The minimum atomic E-state index is -3.93. The van der Waals surface area contributed by atoms with Gasteiger partial charge >= 0.3 is 10.1 Å². The van der Waals surface area contributed by atoms with E-state index in [1.54, 1.807) is 36.4 Å². The summed E-state index contributed by atoms with van der Waals surface area (Å²) in [6.07, 6.45) is 3.06. The van der Waals surface area contributed by atoms with E-state index in [0.717, 1.165) is 24.8 Å². The summed E-state index contributed by atoms with van der Waals surface area (Å²) >= 11 is 0. The van der Waals surface area contributed by atoms with Crippen molar-refractivity contribution in [3.05, 3.63) is 54.1 Å². The van der Waals surface area contributed by atoms with Gasteiger partial charge in [0.25, 0.3) is 0 Å². The Balaban J connectivity index is 1.67. The molecule has 6 nitrogen and oxygen atoms in total. The number of hydrogen-bond acceptors (Lipinski definition) is 5. The molecule has 0 atom stereocenters. The molecular formula is C22H27NO5S. The van der Waals surface area contributed by atoms with Crippen molar-refractivity contribution in [2.45, 2.75) is 50.6 Å². The van der Waals surface area contributed by atoms with Crippen LogP contribution >= 0.6 is 0 Å². The lowest BCUT2D eigenvalue weighted by molar-refractivity contribution is -0.140. The molecule has 7 heteroatoms. The predicted molar refractivity (Wildman–Crippen MR) is 110 cm³/mol. The normalized spacial score (nSPS) is 14.3. The molecule has 1 fully saturated rings. The molecule has 2 aromatic carbocycles. The van der Waals surface area contributed by atoms with E-state index < -0.39 is 10.1 Å². The van der Waals surface area contributed by atoms with Gasteiger partial charge in [-0.1, -0.05) is 18.6 Å². The maximum Gasteiger partial charge on any atom is 0.339 e. The summed E-state index contributed by atoms with van der Waals surface area (Å²) in [7, 11) is -2.41. The Kier molecular flexibility index (Phi) is 6.47. The largest absolute Gasteiger partial charge is 0.497 e. The van der Waals surface area contributed by atoms with Crippen molar-refractivity contribution in [3.8, 4) is 11.5 Å². The molecule has 0 unspecified atom stereocenters. The highest BCUT2D eigenvalue weighted by Crippen LogP contribution is 2.30. The summed E-state index contributed by atoms with van der Waals surface area (Å²) in [6.45, 7) is 4.52. The average Bonchev–Trinajstić information content (AvgIpc) is 2.65. The number of hydrogen-bond donors (Lipinski definition) is 0. The van der Waals surface area contributed by atoms with Crippen LogP contribution < -0.4 is 8.92 Å². The fraction of sp³-hybridized carbons (Fsp3) is 0.409. The Morgan fingerprint density at radius 3 is 2.10 bits per heavy atom. The summed E-state index contributed by atoms with van der Waals surface area (Å²) in [5.74, 6) is 1.15. The van der Waals surface area contributed by atoms with E-state index in [9.17, 15) is 13.2 Å². The molecule has 29 heavy (non-hydrogen) atoms. The first-order chi connectivity index (χ1) is 13.8. The van der Waals surface area contributed by atoms with Gasteiger partial charge in [-0.05, 0) is 68.7 Å². The van der Waals surface area contributed by atoms with Gasteiger partial charge in [0.2, 0.25) is 5.91 Å². The molecule has 1 saturated carbocycles. The number of carbonyl (C=O) groups is 1. The van der Waals surface area contributed by atoms with Gasteiger partial charge < -0.3 is 13.8 Å². The Hall–Kier alpha value is -2.54. The zero-order valence-corrected chi connectivity index (χ0v) is 17.8. The van der Waals surface area contributed by atoms with Crippen molar-refractivity contribution >= 4 is 16.0 Å². The minimum absolute atomic E-state index is 0.0551. The van der Waals surface area contributed by atoms with Crippen LogP contribution in [0.4, 0.5) is 0 Å². The Bertz CT molecular complexity index is 932. The van der Waals surface area contributed by atoms with Crippen LogP contribution in [0, 0.1) is 5.92 Å². The Labute approximate surface area is 172 Å². The molecule has 0 bridgehead atoms. The molecule has 156 valence electrons. The van der Waals surface area contributed by atoms with Gasteiger partial charge in [0.15, 0.2) is 0 Å². The summed E-state index contributed by atoms with van der Waals surface area (Å²) < 4.78 is 35.2. The van der Waals surface area contributed by atoms with Crippen LogP contribution in [-0.4, -0.2) is 32.4 Å². The number of ether oxygens (including phenoxy) is 1. The van der Waals surface area contributed by atoms with Gasteiger partial charge in [-0.2, -0.15) is 8.42 Å². The molecule has 0 spiro atoms. The molecular weight excluding hydrogens is 390 g/mol. The van der Waals surface area contributed by atoms with Gasteiger partial charge in [0, 0.05) is 18.5 Å². The first-order valence-electron chi connectivity index (χ1n) is 9.78. The molecule has 1 aliphatic rings. The number of rotatable bonds is 8. The van der Waals surface area contributed by atoms with Crippen molar-refractivity contribution in [2.24, 2.45) is 5.92 Å². The zero-order valence-electron chi connectivity index (χ0n) is 17.0. The Morgan fingerprint density at radius 2 is 1.62 bits per heavy atom. The van der Waals surface area contributed by atoms with Crippen molar-refractivity contribution < 1.29 is 22.1 Å². The van der Waals surface area contributed by atoms with E-state index in [4.69, 9.17) is 8.92 Å². The van der Waals surface area contributed by atoms with Crippen LogP contribution in [0.1, 0.15) is 38.7 Å². The fourth-order valence-corrected chi connectivity index (χ4v) is 4.10. The van der Waals surface area contributed by atoms with E-state index in [1.165, 1.54) is 19.2 Å². The molecule has 3 rings (SSSR count). The van der Waals surface area contributed by atoms with E-state index >= 15 is 0 Å². The molecule has 1 aliphatic carbocycles. The van der Waals surface area contributed by atoms with Crippen molar-refractivity contribution in [2.75, 3.05) is 7.11 Å². The minimum Gasteiger partial charge on any atom is -0.497 e. The molecule has 0 aromatic heterocycles. The lowest BCUT2D eigenvalue weighted by atomic mass is 9.84. The first-order valence-corrected chi connectivity index (χ1v) is 11.2.